The monoisotopic (exact) mass is 194 g/mol. The lowest BCUT2D eigenvalue weighted by Gasteiger charge is -2.28. The Morgan fingerprint density at radius 3 is 2.14 bits per heavy atom. The zero-order valence-corrected chi connectivity index (χ0v) is 9.80. The van der Waals surface area contributed by atoms with Gasteiger partial charge in [0.1, 0.15) is 0 Å². The van der Waals surface area contributed by atoms with Gasteiger partial charge in [0.2, 0.25) is 0 Å². The van der Waals surface area contributed by atoms with Crippen LogP contribution in [0.5, 0.6) is 0 Å². The molecule has 0 aliphatic heterocycles. The maximum atomic E-state index is 2.48. The lowest BCUT2D eigenvalue weighted by molar-refractivity contribution is 0.243. The highest BCUT2D eigenvalue weighted by Crippen LogP contribution is 2.35. The first-order chi connectivity index (χ1) is 6.84. The predicted octanol–water partition coefficient (Wildman–Crippen LogP) is 4.78. The van der Waals surface area contributed by atoms with E-state index in [0.29, 0.717) is 0 Å². The molecule has 2 aliphatic rings. The molecule has 0 aromatic rings. The maximum absolute atomic E-state index is 2.48. The largest absolute Gasteiger partial charge is 0.0625 e. The Balaban J connectivity index is 1.54. The van der Waals surface area contributed by atoms with E-state index >= 15 is 0 Å². The van der Waals surface area contributed by atoms with Crippen molar-refractivity contribution in [3.8, 4) is 0 Å². The van der Waals surface area contributed by atoms with Gasteiger partial charge in [-0.25, -0.2) is 0 Å². The van der Waals surface area contributed by atoms with Crippen molar-refractivity contribution in [1.82, 2.24) is 0 Å². The second kappa shape index (κ2) is 5.19. The number of hydrogen-bond donors (Lipinski definition) is 0. The molecule has 0 bridgehead atoms. The molecule has 2 fully saturated rings. The maximum Gasteiger partial charge on any atom is -0.0412 e. The van der Waals surface area contributed by atoms with Gasteiger partial charge in [0, 0.05) is 0 Å². The highest BCUT2D eigenvalue weighted by molar-refractivity contribution is 4.73. The SMILES string of the molecule is CC(CCC1CCCC1)CC1CCC1. The molecule has 0 nitrogen and oxygen atoms in total. The van der Waals surface area contributed by atoms with Gasteiger partial charge in [0.05, 0.1) is 0 Å². The van der Waals surface area contributed by atoms with Crippen LogP contribution in [0.25, 0.3) is 0 Å². The molecule has 0 heteroatoms. The molecule has 14 heavy (non-hydrogen) atoms. The van der Waals surface area contributed by atoms with E-state index in [2.05, 4.69) is 6.92 Å². The quantitative estimate of drug-likeness (QED) is 0.590. The summed E-state index contributed by atoms with van der Waals surface area (Å²) < 4.78 is 0. The zero-order chi connectivity index (χ0) is 9.80. The number of rotatable bonds is 5. The van der Waals surface area contributed by atoms with E-state index < -0.39 is 0 Å². The van der Waals surface area contributed by atoms with Crippen molar-refractivity contribution in [2.24, 2.45) is 17.8 Å². The smallest absolute Gasteiger partial charge is 0.0412 e. The van der Waals surface area contributed by atoms with Gasteiger partial charge < -0.3 is 0 Å². The van der Waals surface area contributed by atoms with Gasteiger partial charge in [-0.1, -0.05) is 64.7 Å². The van der Waals surface area contributed by atoms with Crippen LogP contribution in [0.3, 0.4) is 0 Å². The van der Waals surface area contributed by atoms with E-state index in [1.807, 2.05) is 0 Å². The second-order valence-electron chi connectivity index (χ2n) is 5.87. The van der Waals surface area contributed by atoms with Crippen molar-refractivity contribution in [3.63, 3.8) is 0 Å². The molecule has 0 spiro atoms. The summed E-state index contributed by atoms with van der Waals surface area (Å²) in [6, 6.07) is 0. The fourth-order valence-electron chi connectivity index (χ4n) is 3.23. The van der Waals surface area contributed by atoms with Crippen molar-refractivity contribution in [3.05, 3.63) is 0 Å². The lowest BCUT2D eigenvalue weighted by atomic mass is 9.78. The average molecular weight is 194 g/mol. The van der Waals surface area contributed by atoms with E-state index in [9.17, 15) is 0 Å². The van der Waals surface area contributed by atoms with Crippen LogP contribution in [-0.2, 0) is 0 Å². The van der Waals surface area contributed by atoms with Gasteiger partial charge in [-0.3, -0.25) is 0 Å². The third-order valence-electron chi connectivity index (χ3n) is 4.50. The first-order valence-electron chi connectivity index (χ1n) is 6.84. The molecule has 1 atom stereocenters. The van der Waals surface area contributed by atoms with E-state index in [-0.39, 0.29) is 0 Å². The molecule has 0 radical (unpaired) electrons. The minimum atomic E-state index is 1.01. The summed E-state index contributed by atoms with van der Waals surface area (Å²) in [4.78, 5) is 0. The van der Waals surface area contributed by atoms with Crippen molar-refractivity contribution in [2.75, 3.05) is 0 Å². The molecule has 0 saturated heterocycles. The lowest BCUT2D eigenvalue weighted by Crippen LogP contribution is -2.14. The van der Waals surface area contributed by atoms with Crippen molar-refractivity contribution in [2.45, 2.75) is 71.1 Å². The van der Waals surface area contributed by atoms with Gasteiger partial charge in [-0.05, 0) is 24.2 Å². The molecule has 2 saturated carbocycles. The van der Waals surface area contributed by atoms with Gasteiger partial charge in [0.25, 0.3) is 0 Å². The Bertz CT molecular complexity index is 151. The van der Waals surface area contributed by atoms with Crippen LogP contribution in [0, 0.1) is 17.8 Å². The fraction of sp³-hybridized carbons (Fsp3) is 1.00. The molecule has 0 aromatic carbocycles. The normalized spacial score (nSPS) is 26.4. The molecule has 2 rings (SSSR count). The summed E-state index contributed by atoms with van der Waals surface area (Å²) in [5, 5.41) is 0. The van der Waals surface area contributed by atoms with Gasteiger partial charge in [-0.15, -0.1) is 0 Å². The summed E-state index contributed by atoms with van der Waals surface area (Å²) in [5.41, 5.74) is 0. The Labute approximate surface area is 89.5 Å². The Morgan fingerprint density at radius 2 is 1.57 bits per heavy atom. The van der Waals surface area contributed by atoms with E-state index in [1.165, 1.54) is 64.2 Å². The van der Waals surface area contributed by atoms with Gasteiger partial charge in [-0.2, -0.15) is 0 Å². The van der Waals surface area contributed by atoms with Crippen molar-refractivity contribution in [1.29, 1.82) is 0 Å². The van der Waals surface area contributed by atoms with Crippen LogP contribution in [0.2, 0.25) is 0 Å². The van der Waals surface area contributed by atoms with Gasteiger partial charge >= 0.3 is 0 Å². The third-order valence-corrected chi connectivity index (χ3v) is 4.50. The molecule has 0 amide bonds. The number of hydrogen-bond acceptors (Lipinski definition) is 0. The van der Waals surface area contributed by atoms with Crippen LogP contribution in [0.15, 0.2) is 0 Å². The van der Waals surface area contributed by atoms with E-state index in [4.69, 9.17) is 0 Å². The average Bonchev–Trinajstić information content (AvgIpc) is 2.60. The molecule has 0 N–H and O–H groups in total. The van der Waals surface area contributed by atoms with E-state index in [0.717, 1.165) is 17.8 Å². The minimum absolute atomic E-state index is 1.01. The van der Waals surface area contributed by atoms with E-state index in [1.54, 1.807) is 0 Å². The van der Waals surface area contributed by atoms with Crippen LogP contribution in [0.1, 0.15) is 71.1 Å². The van der Waals surface area contributed by atoms with Gasteiger partial charge in [0.15, 0.2) is 0 Å². The molecule has 0 heterocycles. The zero-order valence-electron chi connectivity index (χ0n) is 9.80. The Hall–Kier alpha value is 0. The molecule has 2 aliphatic carbocycles. The molecule has 82 valence electrons. The van der Waals surface area contributed by atoms with Crippen molar-refractivity contribution >= 4 is 0 Å². The fourth-order valence-corrected chi connectivity index (χ4v) is 3.23. The van der Waals surface area contributed by atoms with Crippen LogP contribution < -0.4 is 0 Å². The molecular weight excluding hydrogens is 168 g/mol. The Kier molecular flexibility index (Phi) is 3.89. The first kappa shape index (κ1) is 10.5. The summed E-state index contributed by atoms with van der Waals surface area (Å²) in [5.74, 6) is 3.24. The predicted molar refractivity (Wildman–Crippen MR) is 62.3 cm³/mol. The third kappa shape index (κ3) is 3.00. The second-order valence-corrected chi connectivity index (χ2v) is 5.87. The summed E-state index contributed by atoms with van der Waals surface area (Å²) in [7, 11) is 0. The highest BCUT2D eigenvalue weighted by atomic mass is 14.3. The highest BCUT2D eigenvalue weighted by Gasteiger charge is 2.21. The minimum Gasteiger partial charge on any atom is -0.0625 e. The summed E-state index contributed by atoms with van der Waals surface area (Å²) >= 11 is 0. The Morgan fingerprint density at radius 1 is 0.929 bits per heavy atom. The van der Waals surface area contributed by atoms with Crippen LogP contribution in [0.4, 0.5) is 0 Å². The summed E-state index contributed by atoms with van der Waals surface area (Å²) in [6.07, 6.45) is 15.3. The standard InChI is InChI=1S/C14H26/c1-12(11-14-7-4-8-14)9-10-13-5-2-3-6-13/h12-14H,2-11H2,1H3. The molecule has 1 unspecified atom stereocenters. The molecular formula is C14H26. The topological polar surface area (TPSA) is 0 Å². The van der Waals surface area contributed by atoms with Crippen LogP contribution >= 0.6 is 0 Å². The molecule has 0 aromatic heterocycles. The van der Waals surface area contributed by atoms with Crippen LogP contribution in [-0.4, -0.2) is 0 Å². The summed E-state index contributed by atoms with van der Waals surface area (Å²) in [6.45, 7) is 2.48. The van der Waals surface area contributed by atoms with Crippen molar-refractivity contribution < 1.29 is 0 Å². The first-order valence-corrected chi connectivity index (χ1v) is 6.84.